The number of ether oxygens (including phenoxy) is 1. The number of rotatable bonds is 9. The Morgan fingerprint density at radius 2 is 2.03 bits per heavy atom. The van der Waals surface area contributed by atoms with E-state index in [2.05, 4.69) is 20.4 Å². The average Bonchev–Trinajstić information content (AvgIpc) is 3.53. The summed E-state index contributed by atoms with van der Waals surface area (Å²) in [4.78, 5) is 26.8. The second-order valence-electron chi connectivity index (χ2n) is 8.48. The van der Waals surface area contributed by atoms with Crippen molar-refractivity contribution < 1.29 is 27.2 Å². The molecule has 2 fully saturated rings. The van der Waals surface area contributed by atoms with Gasteiger partial charge in [0, 0.05) is 24.6 Å². The number of nitrogens with one attached hydrogen (secondary N) is 1. The highest BCUT2D eigenvalue weighted by Crippen LogP contribution is 2.33. The Morgan fingerprint density at radius 3 is 2.69 bits per heavy atom. The van der Waals surface area contributed by atoms with Crippen LogP contribution in [0.1, 0.15) is 49.7 Å². The Hall–Kier alpha value is -3.16. The molecule has 1 saturated heterocycles. The van der Waals surface area contributed by atoms with E-state index in [-0.39, 0.29) is 33.8 Å². The zero-order valence-electron chi connectivity index (χ0n) is 19.2. The van der Waals surface area contributed by atoms with Gasteiger partial charge in [0.1, 0.15) is 6.23 Å². The van der Waals surface area contributed by atoms with Gasteiger partial charge in [0.2, 0.25) is 0 Å². The molecule has 1 aliphatic carbocycles. The lowest BCUT2D eigenvalue weighted by Crippen LogP contribution is -2.24. The van der Waals surface area contributed by atoms with Gasteiger partial charge in [0.25, 0.3) is 5.91 Å². The van der Waals surface area contributed by atoms with E-state index in [9.17, 15) is 17.6 Å². The van der Waals surface area contributed by atoms with Crippen LogP contribution in [0.4, 0.5) is 9.52 Å². The van der Waals surface area contributed by atoms with Crippen molar-refractivity contribution in [1.29, 1.82) is 0 Å². The highest BCUT2D eigenvalue weighted by molar-refractivity contribution is 7.92. The fraction of sp³-hybridized carbons (Fsp3) is 0.391. The average molecular weight is 534 g/mol. The maximum Gasteiger partial charge on any atom is 0.280 e. The van der Waals surface area contributed by atoms with Crippen LogP contribution in [0.5, 0.6) is 0 Å². The van der Waals surface area contributed by atoms with E-state index < -0.39 is 20.9 Å². The first-order chi connectivity index (χ1) is 17.4. The molecule has 0 radical (unpaired) electrons. The molecule has 36 heavy (non-hydrogen) atoms. The molecule has 10 nitrogen and oxygen atoms in total. The number of oxime groups is 1. The zero-order chi connectivity index (χ0) is 25.1. The van der Waals surface area contributed by atoms with E-state index in [1.165, 1.54) is 24.3 Å². The van der Waals surface area contributed by atoms with Crippen molar-refractivity contribution in [1.82, 2.24) is 14.5 Å². The smallest absolute Gasteiger partial charge is 0.280 e. The van der Waals surface area contributed by atoms with Gasteiger partial charge in [0.15, 0.2) is 38.2 Å². The van der Waals surface area contributed by atoms with E-state index in [1.807, 2.05) is 10.8 Å². The van der Waals surface area contributed by atoms with Crippen LogP contribution < -0.4 is 5.32 Å². The van der Waals surface area contributed by atoms with Gasteiger partial charge >= 0.3 is 0 Å². The molecule has 0 bridgehead atoms. The van der Waals surface area contributed by atoms with Crippen LogP contribution in [0.15, 0.2) is 52.9 Å². The lowest BCUT2D eigenvalue weighted by atomic mass is 10.1. The highest BCUT2D eigenvalue weighted by Gasteiger charge is 2.36. The van der Waals surface area contributed by atoms with Gasteiger partial charge in [-0.2, -0.15) is 4.39 Å². The Balaban J connectivity index is 1.36. The van der Waals surface area contributed by atoms with Crippen LogP contribution in [0.3, 0.4) is 0 Å². The molecule has 1 aromatic carbocycles. The lowest BCUT2D eigenvalue weighted by Gasteiger charge is -2.24. The molecule has 1 atom stereocenters. The molecule has 1 amide bonds. The highest BCUT2D eigenvalue weighted by atomic mass is 32.2. The van der Waals surface area contributed by atoms with Gasteiger partial charge in [0.05, 0.1) is 16.3 Å². The molecule has 2 aliphatic rings. The topological polar surface area (TPSA) is 125 Å². The van der Waals surface area contributed by atoms with Crippen LogP contribution in [0, 0.1) is 5.13 Å². The molecule has 5 rings (SSSR count). The summed E-state index contributed by atoms with van der Waals surface area (Å²) >= 11 is 0.672. The fourth-order valence-electron chi connectivity index (χ4n) is 3.88. The van der Waals surface area contributed by atoms with Gasteiger partial charge < -0.3 is 14.1 Å². The Morgan fingerprint density at radius 1 is 1.22 bits per heavy atom. The Labute approximate surface area is 211 Å². The number of imidazole rings is 1. The van der Waals surface area contributed by atoms with Crippen molar-refractivity contribution in [3.63, 3.8) is 0 Å². The molecular formula is C23H24FN5O5S2. The number of sulfone groups is 1. The van der Waals surface area contributed by atoms with Crippen molar-refractivity contribution in [2.45, 2.75) is 55.1 Å². The van der Waals surface area contributed by atoms with Crippen molar-refractivity contribution in [3.05, 3.63) is 59.4 Å². The van der Waals surface area contributed by atoms with Crippen molar-refractivity contribution in [3.8, 4) is 0 Å². The van der Waals surface area contributed by atoms with Crippen LogP contribution >= 0.6 is 11.3 Å². The summed E-state index contributed by atoms with van der Waals surface area (Å²) in [5.41, 5.74) is 0.214. The van der Waals surface area contributed by atoms with E-state index in [0.717, 1.165) is 25.5 Å². The molecule has 1 N–H and O–H groups in total. The number of anilines is 1. The number of hydrogen-bond acceptors (Lipinski definition) is 9. The van der Waals surface area contributed by atoms with Gasteiger partial charge in [-0.1, -0.05) is 28.6 Å². The molecular weight excluding hydrogens is 509 g/mol. The van der Waals surface area contributed by atoms with E-state index in [1.54, 1.807) is 6.20 Å². The van der Waals surface area contributed by atoms with Crippen molar-refractivity contribution in [2.75, 3.05) is 11.9 Å². The summed E-state index contributed by atoms with van der Waals surface area (Å²) < 4.78 is 46.1. The van der Waals surface area contributed by atoms with Gasteiger partial charge in [-0.05, 0) is 44.2 Å². The van der Waals surface area contributed by atoms with Crippen LogP contribution in [0.25, 0.3) is 0 Å². The van der Waals surface area contributed by atoms with Crippen LogP contribution in [-0.4, -0.2) is 46.4 Å². The monoisotopic (exact) mass is 533 g/mol. The van der Waals surface area contributed by atoms with E-state index >= 15 is 0 Å². The SMILES string of the molecule is O=C(Nc1ncc(F)s1)/C(=N/OCc1nccn1C1CCCCO1)c1ccc(S(=O)(=O)C2CC2)cc1. The number of halogens is 1. The first kappa shape index (κ1) is 24.5. The Kier molecular flexibility index (Phi) is 7.12. The summed E-state index contributed by atoms with van der Waals surface area (Å²) in [6, 6.07) is 5.89. The number of carbonyl (C=O) groups is 1. The summed E-state index contributed by atoms with van der Waals surface area (Å²) in [6.07, 6.45) is 8.55. The molecule has 0 spiro atoms. The molecule has 3 aromatic rings. The fourth-order valence-corrected chi connectivity index (χ4v) is 6.08. The second kappa shape index (κ2) is 10.4. The second-order valence-corrected chi connectivity index (χ2v) is 11.7. The third-order valence-electron chi connectivity index (χ3n) is 5.90. The third-order valence-corrected chi connectivity index (χ3v) is 8.88. The van der Waals surface area contributed by atoms with Crippen molar-refractivity contribution in [2.24, 2.45) is 5.16 Å². The van der Waals surface area contributed by atoms with Gasteiger partial charge in [-0.3, -0.25) is 10.1 Å². The maximum atomic E-state index is 13.4. The minimum Gasteiger partial charge on any atom is -0.387 e. The predicted molar refractivity (Wildman–Crippen MR) is 130 cm³/mol. The molecule has 190 valence electrons. The van der Waals surface area contributed by atoms with Crippen LogP contribution in [0.2, 0.25) is 0 Å². The first-order valence-corrected chi connectivity index (χ1v) is 13.9. The molecule has 1 aliphatic heterocycles. The van der Waals surface area contributed by atoms with Gasteiger partial charge in [-0.25, -0.2) is 18.4 Å². The van der Waals surface area contributed by atoms with Crippen LogP contribution in [-0.2, 0) is 30.8 Å². The molecule has 1 saturated carbocycles. The first-order valence-electron chi connectivity index (χ1n) is 11.5. The van der Waals surface area contributed by atoms with Gasteiger partial charge in [-0.15, -0.1) is 0 Å². The number of hydrogen-bond donors (Lipinski definition) is 1. The summed E-state index contributed by atoms with van der Waals surface area (Å²) in [5, 5.41) is 5.70. The third kappa shape index (κ3) is 5.47. The quantitative estimate of drug-likeness (QED) is 0.329. The minimum absolute atomic E-state index is 0.0241. The number of nitrogens with zero attached hydrogens (tertiary/aromatic N) is 4. The normalized spacial score (nSPS) is 18.7. The predicted octanol–water partition coefficient (Wildman–Crippen LogP) is 3.67. The Bertz CT molecular complexity index is 1360. The molecule has 13 heteroatoms. The maximum absolute atomic E-state index is 13.4. The van der Waals surface area contributed by atoms with Crippen molar-refractivity contribution >= 4 is 37.9 Å². The standard InChI is InChI=1S/C23H24FN5O5S2/c24-18-13-26-23(35-18)27-22(30)21(15-4-6-16(7-5-15)36(31,32)17-8-9-17)28-34-14-19-25-10-11-29(19)20-3-1-2-12-33-20/h4-7,10-11,13,17,20H,1-3,8-9,12,14H2,(H,26,27,30)/b28-21+. The molecule has 1 unspecified atom stereocenters. The largest absolute Gasteiger partial charge is 0.387 e. The summed E-state index contributed by atoms with van der Waals surface area (Å²) in [5.74, 6) is -0.0978. The number of thiazole rings is 1. The van der Waals surface area contributed by atoms with E-state index in [4.69, 9.17) is 9.57 Å². The summed E-state index contributed by atoms with van der Waals surface area (Å²) in [7, 11) is -3.38. The molecule has 3 heterocycles. The lowest BCUT2D eigenvalue weighted by molar-refractivity contribution is -0.110. The zero-order valence-corrected chi connectivity index (χ0v) is 20.8. The minimum atomic E-state index is -3.38. The number of aromatic nitrogens is 3. The summed E-state index contributed by atoms with van der Waals surface area (Å²) in [6.45, 7) is 0.652. The number of amides is 1. The van der Waals surface area contributed by atoms with E-state index in [0.29, 0.717) is 42.2 Å². The molecule has 2 aromatic heterocycles. The number of benzene rings is 1. The number of carbonyl (C=O) groups excluding carboxylic acids is 1.